The van der Waals surface area contributed by atoms with Gasteiger partial charge in [-0.2, -0.15) is 5.10 Å². The van der Waals surface area contributed by atoms with E-state index < -0.39 is 0 Å². The van der Waals surface area contributed by atoms with Crippen LogP contribution in [0.15, 0.2) is 24.4 Å². The molecule has 2 aromatic rings. The van der Waals surface area contributed by atoms with Gasteiger partial charge in [-0.1, -0.05) is 18.2 Å². The summed E-state index contributed by atoms with van der Waals surface area (Å²) in [5, 5.41) is 15.1. The number of benzene rings is 1. The van der Waals surface area contributed by atoms with Crippen LogP contribution in [0, 0.1) is 5.41 Å². The standard InChI is InChI=1S/C9H10N4/c10-8(11)4-6-2-1-3-7-5-12-13-9(6)7/h1-3,5H,4H2,(H3,10,11)(H,12,13). The normalized spacial score (nSPS) is 10.5. The number of nitrogens with zero attached hydrogens (tertiary/aromatic N) is 1. The molecule has 0 aliphatic carbocycles. The average molecular weight is 174 g/mol. The second kappa shape index (κ2) is 2.90. The number of rotatable bonds is 2. The lowest BCUT2D eigenvalue weighted by Crippen LogP contribution is -2.12. The lowest BCUT2D eigenvalue weighted by molar-refractivity contribution is 1.11. The molecule has 0 saturated heterocycles. The number of nitrogens with one attached hydrogen (secondary N) is 2. The molecule has 4 heteroatoms. The highest BCUT2D eigenvalue weighted by Crippen LogP contribution is 2.15. The summed E-state index contributed by atoms with van der Waals surface area (Å²) in [6.07, 6.45) is 2.23. The number of aromatic nitrogens is 2. The summed E-state index contributed by atoms with van der Waals surface area (Å²) in [7, 11) is 0. The molecule has 4 nitrogen and oxygen atoms in total. The second-order valence-corrected chi connectivity index (χ2v) is 2.95. The highest BCUT2D eigenvalue weighted by Gasteiger charge is 2.02. The highest BCUT2D eigenvalue weighted by atomic mass is 15.1. The second-order valence-electron chi connectivity index (χ2n) is 2.95. The summed E-state index contributed by atoms with van der Waals surface area (Å²) in [5.41, 5.74) is 7.32. The van der Waals surface area contributed by atoms with Crippen molar-refractivity contribution in [3.8, 4) is 0 Å². The van der Waals surface area contributed by atoms with Gasteiger partial charge in [0, 0.05) is 11.8 Å². The molecule has 0 radical (unpaired) electrons. The van der Waals surface area contributed by atoms with Gasteiger partial charge in [0.25, 0.3) is 0 Å². The lowest BCUT2D eigenvalue weighted by Gasteiger charge is -1.99. The Hall–Kier alpha value is -1.84. The first-order valence-corrected chi connectivity index (χ1v) is 4.01. The fourth-order valence-electron chi connectivity index (χ4n) is 1.38. The van der Waals surface area contributed by atoms with Crippen LogP contribution in [0.2, 0.25) is 0 Å². The molecule has 0 bridgehead atoms. The third-order valence-corrected chi connectivity index (χ3v) is 1.94. The van der Waals surface area contributed by atoms with E-state index in [0.29, 0.717) is 6.42 Å². The summed E-state index contributed by atoms with van der Waals surface area (Å²) in [4.78, 5) is 0. The van der Waals surface area contributed by atoms with Crippen molar-refractivity contribution in [1.29, 1.82) is 5.41 Å². The maximum atomic E-state index is 7.20. The van der Waals surface area contributed by atoms with Crippen molar-refractivity contribution in [2.75, 3.05) is 0 Å². The molecular formula is C9H10N4. The number of amidine groups is 1. The maximum Gasteiger partial charge on any atom is 0.0950 e. The van der Waals surface area contributed by atoms with E-state index in [4.69, 9.17) is 11.1 Å². The molecule has 1 heterocycles. The van der Waals surface area contributed by atoms with Crippen LogP contribution in [-0.4, -0.2) is 16.0 Å². The van der Waals surface area contributed by atoms with Gasteiger partial charge in [-0.3, -0.25) is 10.5 Å². The first-order valence-electron chi connectivity index (χ1n) is 4.01. The van der Waals surface area contributed by atoms with Gasteiger partial charge < -0.3 is 5.73 Å². The maximum absolute atomic E-state index is 7.20. The molecule has 0 aliphatic heterocycles. The number of para-hydroxylation sites is 1. The molecule has 4 N–H and O–H groups in total. The van der Waals surface area contributed by atoms with Crippen molar-refractivity contribution in [3.63, 3.8) is 0 Å². The largest absolute Gasteiger partial charge is 0.387 e. The first kappa shape index (κ1) is 7.79. The number of aromatic amines is 1. The van der Waals surface area contributed by atoms with Crippen LogP contribution in [0.4, 0.5) is 0 Å². The molecule has 1 aromatic carbocycles. The van der Waals surface area contributed by atoms with Gasteiger partial charge in [-0.05, 0) is 5.56 Å². The zero-order chi connectivity index (χ0) is 9.26. The van der Waals surface area contributed by atoms with Crippen LogP contribution < -0.4 is 5.73 Å². The number of H-pyrrole nitrogens is 1. The number of nitrogens with two attached hydrogens (primary N) is 1. The van der Waals surface area contributed by atoms with Crippen LogP contribution in [0.5, 0.6) is 0 Å². The van der Waals surface area contributed by atoms with Crippen molar-refractivity contribution in [3.05, 3.63) is 30.0 Å². The molecule has 0 aliphatic rings. The fourth-order valence-corrected chi connectivity index (χ4v) is 1.38. The minimum Gasteiger partial charge on any atom is -0.387 e. The van der Waals surface area contributed by atoms with Gasteiger partial charge >= 0.3 is 0 Å². The fraction of sp³-hybridized carbons (Fsp3) is 0.111. The zero-order valence-electron chi connectivity index (χ0n) is 7.04. The average Bonchev–Trinajstić information content (AvgIpc) is 2.51. The van der Waals surface area contributed by atoms with E-state index in [0.717, 1.165) is 16.5 Å². The molecule has 0 saturated carbocycles. The van der Waals surface area contributed by atoms with Crippen LogP contribution in [0.3, 0.4) is 0 Å². The third kappa shape index (κ3) is 1.38. The first-order chi connectivity index (χ1) is 6.27. The monoisotopic (exact) mass is 174 g/mol. The van der Waals surface area contributed by atoms with Crippen LogP contribution in [0.1, 0.15) is 5.56 Å². The van der Waals surface area contributed by atoms with E-state index in [1.165, 1.54) is 0 Å². The van der Waals surface area contributed by atoms with Gasteiger partial charge in [0.05, 0.1) is 17.5 Å². The molecule has 0 amide bonds. The Kier molecular flexibility index (Phi) is 1.73. The molecule has 1 aromatic heterocycles. The Balaban J connectivity index is 2.54. The Bertz CT molecular complexity index is 444. The van der Waals surface area contributed by atoms with Crippen molar-refractivity contribution in [1.82, 2.24) is 10.2 Å². The minimum atomic E-state index is 0.169. The van der Waals surface area contributed by atoms with Crippen LogP contribution >= 0.6 is 0 Å². The summed E-state index contributed by atoms with van der Waals surface area (Å²) in [6.45, 7) is 0. The minimum absolute atomic E-state index is 0.169. The van der Waals surface area contributed by atoms with E-state index in [1.54, 1.807) is 6.20 Å². The Morgan fingerprint density at radius 2 is 2.38 bits per heavy atom. The van der Waals surface area contributed by atoms with Gasteiger partial charge in [0.15, 0.2) is 0 Å². The molecule has 0 spiro atoms. The quantitative estimate of drug-likeness (QED) is 0.470. The highest BCUT2D eigenvalue weighted by molar-refractivity contribution is 5.87. The predicted octanol–water partition coefficient (Wildman–Crippen LogP) is 1.04. The van der Waals surface area contributed by atoms with Gasteiger partial charge in [-0.15, -0.1) is 0 Å². The smallest absolute Gasteiger partial charge is 0.0950 e. The molecule has 2 rings (SSSR count). The van der Waals surface area contributed by atoms with E-state index >= 15 is 0 Å². The zero-order valence-corrected chi connectivity index (χ0v) is 7.04. The number of fused-ring (bicyclic) bond motifs is 1. The van der Waals surface area contributed by atoms with Crippen molar-refractivity contribution < 1.29 is 0 Å². The molecular weight excluding hydrogens is 164 g/mol. The van der Waals surface area contributed by atoms with Crippen molar-refractivity contribution in [2.45, 2.75) is 6.42 Å². The molecule has 0 atom stereocenters. The Morgan fingerprint density at radius 1 is 1.54 bits per heavy atom. The van der Waals surface area contributed by atoms with E-state index in [1.807, 2.05) is 18.2 Å². The molecule has 13 heavy (non-hydrogen) atoms. The summed E-state index contributed by atoms with van der Waals surface area (Å²) in [5.74, 6) is 0.169. The van der Waals surface area contributed by atoms with Gasteiger partial charge in [-0.25, -0.2) is 0 Å². The van der Waals surface area contributed by atoms with Crippen LogP contribution in [0.25, 0.3) is 10.9 Å². The summed E-state index contributed by atoms with van der Waals surface area (Å²) >= 11 is 0. The lowest BCUT2D eigenvalue weighted by atomic mass is 10.1. The number of hydrogen-bond acceptors (Lipinski definition) is 2. The van der Waals surface area contributed by atoms with Crippen molar-refractivity contribution in [2.24, 2.45) is 5.73 Å². The van der Waals surface area contributed by atoms with Gasteiger partial charge in [0.2, 0.25) is 0 Å². The molecule has 0 fully saturated rings. The summed E-state index contributed by atoms with van der Waals surface area (Å²) in [6, 6.07) is 5.86. The Morgan fingerprint density at radius 3 is 3.15 bits per heavy atom. The predicted molar refractivity (Wildman–Crippen MR) is 51.7 cm³/mol. The van der Waals surface area contributed by atoms with Crippen molar-refractivity contribution >= 4 is 16.7 Å². The van der Waals surface area contributed by atoms with E-state index in [-0.39, 0.29) is 5.84 Å². The SMILES string of the molecule is N=C(N)Cc1cccc2cn[nH]c12. The third-order valence-electron chi connectivity index (χ3n) is 1.94. The topological polar surface area (TPSA) is 78.6 Å². The summed E-state index contributed by atoms with van der Waals surface area (Å²) < 4.78 is 0. The van der Waals surface area contributed by atoms with E-state index in [2.05, 4.69) is 10.2 Å². The van der Waals surface area contributed by atoms with Crippen LogP contribution in [-0.2, 0) is 6.42 Å². The molecule has 66 valence electrons. The Labute approximate surface area is 75.3 Å². The number of hydrogen-bond donors (Lipinski definition) is 3. The van der Waals surface area contributed by atoms with E-state index in [9.17, 15) is 0 Å². The molecule has 0 unspecified atom stereocenters. The van der Waals surface area contributed by atoms with Gasteiger partial charge in [0.1, 0.15) is 0 Å².